The van der Waals surface area contributed by atoms with Crippen molar-refractivity contribution in [3.63, 3.8) is 0 Å². The van der Waals surface area contributed by atoms with Gasteiger partial charge in [0.2, 0.25) is 5.91 Å². The Labute approximate surface area is 89.8 Å². The van der Waals surface area contributed by atoms with Gasteiger partial charge in [0.05, 0.1) is 0 Å². The molecule has 84 valence electrons. The Morgan fingerprint density at radius 1 is 1.53 bits per heavy atom. The summed E-state index contributed by atoms with van der Waals surface area (Å²) in [5.41, 5.74) is 0. The minimum Gasteiger partial charge on any atom is -0.366 e. The van der Waals surface area contributed by atoms with Gasteiger partial charge < -0.3 is 9.80 Å². The Morgan fingerprint density at radius 3 is 2.67 bits per heavy atom. The van der Waals surface area contributed by atoms with Crippen LogP contribution in [0.3, 0.4) is 0 Å². The van der Waals surface area contributed by atoms with Gasteiger partial charge >= 0.3 is 0 Å². The summed E-state index contributed by atoms with van der Waals surface area (Å²) >= 11 is 0. The topological polar surface area (TPSA) is 53.0 Å². The normalized spacial score (nSPS) is 17.1. The van der Waals surface area contributed by atoms with Gasteiger partial charge in [-0.15, -0.1) is 0 Å². The fraction of sp³-hybridized carbons (Fsp3) is 0.700. The lowest BCUT2D eigenvalue weighted by Gasteiger charge is -2.14. The number of hydrogen-bond acceptors (Lipinski definition) is 2. The van der Waals surface area contributed by atoms with Gasteiger partial charge in [0.1, 0.15) is 12.4 Å². The maximum atomic E-state index is 11.5. The van der Waals surface area contributed by atoms with Crippen LogP contribution in [0.15, 0.2) is 4.99 Å². The molecule has 0 aromatic heterocycles. The monoisotopic (exact) mass is 211 g/mol. The van der Waals surface area contributed by atoms with Crippen LogP contribution in [0, 0.1) is 0 Å². The molecule has 15 heavy (non-hydrogen) atoms. The van der Waals surface area contributed by atoms with Crippen molar-refractivity contribution in [3.8, 4) is 0 Å². The first kappa shape index (κ1) is 11.7. The van der Waals surface area contributed by atoms with Crippen LogP contribution in [0.5, 0.6) is 0 Å². The molecule has 5 heteroatoms. The van der Waals surface area contributed by atoms with Crippen LogP contribution in [-0.2, 0) is 9.59 Å². The van der Waals surface area contributed by atoms with Crippen molar-refractivity contribution in [1.82, 2.24) is 9.80 Å². The zero-order valence-electron chi connectivity index (χ0n) is 9.49. The van der Waals surface area contributed by atoms with Crippen LogP contribution in [0.1, 0.15) is 19.8 Å². The summed E-state index contributed by atoms with van der Waals surface area (Å²) < 4.78 is 0. The van der Waals surface area contributed by atoms with Crippen LogP contribution in [0.4, 0.5) is 0 Å². The summed E-state index contributed by atoms with van der Waals surface area (Å²) in [4.78, 5) is 29.9. The molecular formula is C10H17N3O2. The lowest BCUT2D eigenvalue weighted by Crippen LogP contribution is -2.31. The summed E-state index contributed by atoms with van der Waals surface area (Å²) in [6.45, 7) is 2.56. The predicted molar refractivity (Wildman–Crippen MR) is 57.6 cm³/mol. The molecule has 0 radical (unpaired) electrons. The van der Waals surface area contributed by atoms with Crippen LogP contribution in [0.25, 0.3) is 0 Å². The number of aliphatic imine (C=N–C) groups is 1. The molecular weight excluding hydrogens is 194 g/mol. The molecule has 0 saturated carbocycles. The van der Waals surface area contributed by atoms with Crippen molar-refractivity contribution in [2.45, 2.75) is 19.8 Å². The summed E-state index contributed by atoms with van der Waals surface area (Å²) in [6, 6.07) is 0. The van der Waals surface area contributed by atoms with E-state index in [1.54, 1.807) is 16.7 Å². The fourth-order valence-corrected chi connectivity index (χ4v) is 1.35. The highest BCUT2D eigenvalue weighted by molar-refractivity contribution is 5.95. The van der Waals surface area contributed by atoms with E-state index in [4.69, 9.17) is 0 Å². The van der Waals surface area contributed by atoms with Gasteiger partial charge in [-0.2, -0.15) is 4.99 Å². The van der Waals surface area contributed by atoms with Gasteiger partial charge in [0.15, 0.2) is 0 Å². The van der Waals surface area contributed by atoms with Crippen LogP contribution in [-0.4, -0.2) is 54.6 Å². The van der Waals surface area contributed by atoms with Crippen LogP contribution in [0.2, 0.25) is 0 Å². The van der Waals surface area contributed by atoms with Gasteiger partial charge in [-0.25, -0.2) is 0 Å². The molecule has 0 aromatic rings. The van der Waals surface area contributed by atoms with Crippen molar-refractivity contribution >= 4 is 17.6 Å². The quantitative estimate of drug-likeness (QED) is 0.481. The molecule has 0 unspecified atom stereocenters. The Kier molecular flexibility index (Phi) is 3.82. The van der Waals surface area contributed by atoms with Crippen molar-refractivity contribution in [2.24, 2.45) is 4.99 Å². The minimum atomic E-state index is -0.253. The molecule has 5 nitrogen and oxygen atoms in total. The maximum Gasteiger partial charge on any atom is 0.266 e. The van der Waals surface area contributed by atoms with Gasteiger partial charge in [-0.3, -0.25) is 9.59 Å². The molecule has 0 aliphatic carbocycles. The SMILES string of the molecule is CC(=NC(=O)CN1CCCC1=O)N(C)C. The number of hydrogen-bond donors (Lipinski definition) is 0. The number of carbonyl (C=O) groups excluding carboxylic acids is 2. The third-order valence-corrected chi connectivity index (χ3v) is 2.43. The second kappa shape index (κ2) is 4.91. The molecule has 1 fully saturated rings. The highest BCUT2D eigenvalue weighted by Crippen LogP contribution is 2.08. The van der Waals surface area contributed by atoms with E-state index in [1.165, 1.54) is 0 Å². The number of amides is 2. The molecule has 1 heterocycles. The van der Waals surface area contributed by atoms with Crippen molar-refractivity contribution < 1.29 is 9.59 Å². The number of nitrogens with zero attached hydrogens (tertiary/aromatic N) is 3. The molecule has 1 aliphatic rings. The third-order valence-electron chi connectivity index (χ3n) is 2.43. The lowest BCUT2D eigenvalue weighted by molar-refractivity contribution is -0.131. The van der Waals surface area contributed by atoms with E-state index >= 15 is 0 Å². The standard InChI is InChI=1S/C10H17N3O2/c1-8(12(2)3)11-9(14)7-13-6-4-5-10(13)15/h4-7H2,1-3H3. The Bertz CT molecular complexity index is 297. The van der Waals surface area contributed by atoms with E-state index in [9.17, 15) is 9.59 Å². The Morgan fingerprint density at radius 2 is 2.20 bits per heavy atom. The molecule has 0 N–H and O–H groups in total. The first-order valence-electron chi connectivity index (χ1n) is 5.04. The summed E-state index contributed by atoms with van der Waals surface area (Å²) in [5.74, 6) is 0.462. The molecule has 1 aliphatic heterocycles. The molecule has 0 bridgehead atoms. The smallest absolute Gasteiger partial charge is 0.266 e. The van der Waals surface area contributed by atoms with Gasteiger partial charge in [-0.05, 0) is 13.3 Å². The minimum absolute atomic E-state index is 0.0565. The first-order valence-corrected chi connectivity index (χ1v) is 5.04. The van der Waals surface area contributed by atoms with Gasteiger partial charge in [0.25, 0.3) is 5.91 Å². The highest BCUT2D eigenvalue weighted by atomic mass is 16.2. The number of amidine groups is 1. The van der Waals surface area contributed by atoms with Crippen LogP contribution < -0.4 is 0 Å². The number of carbonyl (C=O) groups is 2. The maximum absolute atomic E-state index is 11.5. The first-order chi connectivity index (χ1) is 7.00. The number of rotatable bonds is 2. The van der Waals surface area contributed by atoms with Crippen LogP contribution >= 0.6 is 0 Å². The molecule has 2 amide bonds. The Hall–Kier alpha value is -1.39. The highest BCUT2D eigenvalue weighted by Gasteiger charge is 2.22. The summed E-state index contributed by atoms with van der Waals surface area (Å²) in [6.07, 6.45) is 1.41. The van der Waals surface area contributed by atoms with E-state index < -0.39 is 0 Å². The van der Waals surface area contributed by atoms with Gasteiger partial charge in [-0.1, -0.05) is 0 Å². The van der Waals surface area contributed by atoms with E-state index in [-0.39, 0.29) is 18.4 Å². The zero-order valence-corrected chi connectivity index (χ0v) is 9.49. The zero-order chi connectivity index (χ0) is 11.4. The average molecular weight is 211 g/mol. The summed E-state index contributed by atoms with van der Waals surface area (Å²) in [5, 5.41) is 0. The molecule has 0 aromatic carbocycles. The second-order valence-electron chi connectivity index (χ2n) is 3.87. The predicted octanol–water partition coefficient (Wildman–Crippen LogP) is 0.115. The number of likely N-dealkylation sites (tertiary alicyclic amines) is 1. The van der Waals surface area contributed by atoms with E-state index in [0.29, 0.717) is 18.8 Å². The van der Waals surface area contributed by atoms with Crippen molar-refractivity contribution in [1.29, 1.82) is 0 Å². The fourth-order valence-electron chi connectivity index (χ4n) is 1.35. The van der Waals surface area contributed by atoms with E-state index in [2.05, 4.69) is 4.99 Å². The largest absolute Gasteiger partial charge is 0.366 e. The molecule has 1 saturated heterocycles. The average Bonchev–Trinajstić information content (AvgIpc) is 2.51. The molecule has 0 atom stereocenters. The third kappa shape index (κ3) is 3.34. The Balaban J connectivity index is 2.49. The van der Waals surface area contributed by atoms with Gasteiger partial charge in [0, 0.05) is 27.1 Å². The van der Waals surface area contributed by atoms with Crippen molar-refractivity contribution in [3.05, 3.63) is 0 Å². The second-order valence-corrected chi connectivity index (χ2v) is 3.87. The molecule has 0 spiro atoms. The van der Waals surface area contributed by atoms with E-state index in [1.807, 2.05) is 14.1 Å². The van der Waals surface area contributed by atoms with Crippen molar-refractivity contribution in [2.75, 3.05) is 27.2 Å². The summed E-state index contributed by atoms with van der Waals surface area (Å²) in [7, 11) is 3.65. The molecule has 1 rings (SSSR count). The lowest BCUT2D eigenvalue weighted by atomic mass is 10.4. The van der Waals surface area contributed by atoms with E-state index in [0.717, 1.165) is 6.42 Å².